The Morgan fingerprint density at radius 2 is 2.35 bits per heavy atom. The number of aromatic nitrogens is 2. The summed E-state index contributed by atoms with van der Waals surface area (Å²) in [4.78, 5) is 13.0. The average molecular weight is 248 g/mol. The first-order chi connectivity index (χ1) is 8.20. The lowest BCUT2D eigenvalue weighted by Gasteiger charge is -2.00. The van der Waals surface area contributed by atoms with Crippen LogP contribution in [-0.2, 0) is 19.9 Å². The minimum atomic E-state index is 0.251. The van der Waals surface area contributed by atoms with Gasteiger partial charge in [0.15, 0.2) is 5.78 Å². The first kappa shape index (κ1) is 12.0. The third-order valence-corrected chi connectivity index (χ3v) is 3.78. The maximum Gasteiger partial charge on any atom is 0.173 e. The number of thiophene rings is 1. The zero-order chi connectivity index (χ0) is 12.3. The van der Waals surface area contributed by atoms with E-state index in [1.807, 2.05) is 30.9 Å². The Labute approximate surface area is 105 Å². The van der Waals surface area contributed by atoms with E-state index in [2.05, 4.69) is 12.0 Å². The van der Waals surface area contributed by atoms with Crippen molar-refractivity contribution in [3.05, 3.63) is 39.8 Å². The van der Waals surface area contributed by atoms with Crippen LogP contribution in [0.4, 0.5) is 0 Å². The molecular formula is C13H16N2OS. The Morgan fingerprint density at radius 1 is 1.53 bits per heavy atom. The fourth-order valence-corrected chi connectivity index (χ4v) is 2.80. The van der Waals surface area contributed by atoms with Gasteiger partial charge >= 0.3 is 0 Å². The standard InChI is InChI=1S/C13H16N2OS/c1-3-11-6-7-17-13(11)12(16)5-4-10-8-14-15(2)9-10/h6-9H,3-5H2,1-2H3. The molecule has 0 aromatic carbocycles. The van der Waals surface area contributed by atoms with Crippen LogP contribution in [0.15, 0.2) is 23.8 Å². The molecule has 4 heteroatoms. The SMILES string of the molecule is CCc1ccsc1C(=O)CCc1cnn(C)c1. The Hall–Kier alpha value is -1.42. The van der Waals surface area contributed by atoms with Crippen molar-refractivity contribution >= 4 is 17.1 Å². The van der Waals surface area contributed by atoms with Gasteiger partial charge in [-0.1, -0.05) is 6.92 Å². The monoisotopic (exact) mass is 248 g/mol. The third-order valence-electron chi connectivity index (χ3n) is 2.78. The van der Waals surface area contributed by atoms with Crippen LogP contribution in [-0.4, -0.2) is 15.6 Å². The summed E-state index contributed by atoms with van der Waals surface area (Å²) in [6.45, 7) is 2.08. The normalized spacial score (nSPS) is 10.7. The molecule has 2 rings (SSSR count). The molecule has 2 heterocycles. The van der Waals surface area contributed by atoms with E-state index in [4.69, 9.17) is 0 Å². The fraction of sp³-hybridized carbons (Fsp3) is 0.385. The molecule has 0 aliphatic rings. The van der Waals surface area contributed by atoms with Gasteiger partial charge in [0.05, 0.1) is 11.1 Å². The maximum atomic E-state index is 12.0. The number of nitrogens with zero attached hydrogens (tertiary/aromatic N) is 2. The summed E-state index contributed by atoms with van der Waals surface area (Å²) >= 11 is 1.55. The Morgan fingerprint density at radius 3 is 3.00 bits per heavy atom. The molecule has 90 valence electrons. The van der Waals surface area contributed by atoms with Crippen molar-refractivity contribution in [1.29, 1.82) is 0 Å². The van der Waals surface area contributed by atoms with Crippen LogP contribution < -0.4 is 0 Å². The summed E-state index contributed by atoms with van der Waals surface area (Å²) in [6, 6.07) is 2.04. The topological polar surface area (TPSA) is 34.9 Å². The summed E-state index contributed by atoms with van der Waals surface area (Å²) in [5.74, 6) is 0.251. The summed E-state index contributed by atoms with van der Waals surface area (Å²) in [5.41, 5.74) is 2.29. The van der Waals surface area contributed by atoms with E-state index < -0.39 is 0 Å². The molecule has 0 bridgehead atoms. The number of Topliss-reactive ketones (excluding diaryl/α,β-unsaturated/α-hetero) is 1. The third kappa shape index (κ3) is 2.82. The van der Waals surface area contributed by atoms with Gasteiger partial charge < -0.3 is 0 Å². The number of hydrogen-bond acceptors (Lipinski definition) is 3. The predicted molar refractivity (Wildman–Crippen MR) is 69.6 cm³/mol. The van der Waals surface area contributed by atoms with Crippen LogP contribution in [0, 0.1) is 0 Å². The van der Waals surface area contributed by atoms with E-state index in [-0.39, 0.29) is 5.78 Å². The number of hydrogen-bond donors (Lipinski definition) is 0. The van der Waals surface area contributed by atoms with Crippen LogP contribution in [0.5, 0.6) is 0 Å². The average Bonchev–Trinajstić information content (AvgIpc) is 2.94. The molecule has 0 amide bonds. The zero-order valence-corrected chi connectivity index (χ0v) is 11.0. The van der Waals surface area contributed by atoms with Gasteiger partial charge in [0.1, 0.15) is 0 Å². The van der Waals surface area contributed by atoms with Gasteiger partial charge in [0, 0.05) is 19.7 Å². The second-order valence-electron chi connectivity index (χ2n) is 4.07. The fourth-order valence-electron chi connectivity index (χ4n) is 1.83. The molecule has 0 fully saturated rings. The second kappa shape index (κ2) is 5.27. The Balaban J connectivity index is 1.98. The second-order valence-corrected chi connectivity index (χ2v) is 4.99. The smallest absolute Gasteiger partial charge is 0.173 e. The van der Waals surface area contributed by atoms with Crippen molar-refractivity contribution in [1.82, 2.24) is 9.78 Å². The van der Waals surface area contributed by atoms with Gasteiger partial charge in [-0.25, -0.2) is 0 Å². The van der Waals surface area contributed by atoms with Gasteiger partial charge in [-0.15, -0.1) is 11.3 Å². The van der Waals surface area contributed by atoms with Gasteiger partial charge in [0.2, 0.25) is 0 Å². The van der Waals surface area contributed by atoms with Crippen molar-refractivity contribution in [2.45, 2.75) is 26.2 Å². The molecule has 0 unspecified atom stereocenters. The first-order valence-electron chi connectivity index (χ1n) is 5.77. The molecule has 0 aliphatic carbocycles. The number of carbonyl (C=O) groups is 1. The van der Waals surface area contributed by atoms with Gasteiger partial charge in [-0.3, -0.25) is 9.48 Å². The molecule has 0 N–H and O–H groups in total. The maximum absolute atomic E-state index is 12.0. The summed E-state index contributed by atoms with van der Waals surface area (Å²) in [6.07, 6.45) is 6.05. The molecule has 0 saturated carbocycles. The molecule has 0 spiro atoms. The van der Waals surface area contributed by atoms with Gasteiger partial charge in [-0.2, -0.15) is 5.10 Å². The molecular weight excluding hydrogens is 232 g/mol. The highest BCUT2D eigenvalue weighted by molar-refractivity contribution is 7.12. The van der Waals surface area contributed by atoms with Crippen molar-refractivity contribution < 1.29 is 4.79 Å². The largest absolute Gasteiger partial charge is 0.293 e. The lowest BCUT2D eigenvalue weighted by atomic mass is 10.1. The highest BCUT2D eigenvalue weighted by Gasteiger charge is 2.12. The zero-order valence-electron chi connectivity index (χ0n) is 10.1. The minimum absolute atomic E-state index is 0.251. The van der Waals surface area contributed by atoms with Crippen LogP contribution in [0.3, 0.4) is 0 Å². The highest BCUT2D eigenvalue weighted by Crippen LogP contribution is 2.20. The molecule has 2 aromatic rings. The molecule has 0 radical (unpaired) electrons. The molecule has 0 saturated heterocycles. The summed E-state index contributed by atoms with van der Waals surface area (Å²) < 4.78 is 1.77. The predicted octanol–water partition coefficient (Wildman–Crippen LogP) is 2.86. The van der Waals surface area contributed by atoms with Crippen molar-refractivity contribution in [3.8, 4) is 0 Å². The van der Waals surface area contributed by atoms with Crippen molar-refractivity contribution in [3.63, 3.8) is 0 Å². The quantitative estimate of drug-likeness (QED) is 0.763. The van der Waals surface area contributed by atoms with Crippen LogP contribution in [0.25, 0.3) is 0 Å². The van der Waals surface area contributed by atoms with E-state index in [0.29, 0.717) is 6.42 Å². The minimum Gasteiger partial charge on any atom is -0.293 e. The Bertz CT molecular complexity index is 513. The number of rotatable bonds is 5. The van der Waals surface area contributed by atoms with E-state index in [1.54, 1.807) is 16.0 Å². The number of aryl methyl sites for hydroxylation is 3. The lowest BCUT2D eigenvalue weighted by molar-refractivity contribution is 0.0986. The molecule has 3 nitrogen and oxygen atoms in total. The summed E-state index contributed by atoms with van der Waals surface area (Å²) in [5, 5.41) is 6.10. The van der Waals surface area contributed by atoms with Crippen LogP contribution >= 0.6 is 11.3 Å². The van der Waals surface area contributed by atoms with E-state index in [1.165, 1.54) is 5.56 Å². The van der Waals surface area contributed by atoms with Gasteiger partial charge in [0.25, 0.3) is 0 Å². The lowest BCUT2D eigenvalue weighted by Crippen LogP contribution is -2.01. The molecule has 2 aromatic heterocycles. The van der Waals surface area contributed by atoms with Gasteiger partial charge in [-0.05, 0) is 35.4 Å². The van der Waals surface area contributed by atoms with Crippen molar-refractivity contribution in [2.24, 2.45) is 7.05 Å². The highest BCUT2D eigenvalue weighted by atomic mass is 32.1. The van der Waals surface area contributed by atoms with Crippen LogP contribution in [0.1, 0.15) is 34.1 Å². The summed E-state index contributed by atoms with van der Waals surface area (Å²) in [7, 11) is 1.89. The van der Waals surface area contributed by atoms with E-state index in [9.17, 15) is 4.79 Å². The number of carbonyl (C=O) groups excluding carboxylic acids is 1. The molecule has 0 atom stereocenters. The first-order valence-corrected chi connectivity index (χ1v) is 6.65. The molecule has 0 aliphatic heterocycles. The Kier molecular flexibility index (Phi) is 3.74. The van der Waals surface area contributed by atoms with Crippen molar-refractivity contribution in [2.75, 3.05) is 0 Å². The van der Waals surface area contributed by atoms with E-state index >= 15 is 0 Å². The van der Waals surface area contributed by atoms with E-state index in [0.717, 1.165) is 23.3 Å². The molecule has 17 heavy (non-hydrogen) atoms. The van der Waals surface area contributed by atoms with Crippen LogP contribution in [0.2, 0.25) is 0 Å². The number of ketones is 1.